The Balaban J connectivity index is 2.14. The molecule has 0 bridgehead atoms. The van der Waals surface area contributed by atoms with Gasteiger partial charge in [0.05, 0.1) is 13.7 Å². The summed E-state index contributed by atoms with van der Waals surface area (Å²) in [5, 5.41) is 3.49. The van der Waals surface area contributed by atoms with E-state index >= 15 is 0 Å². The Kier molecular flexibility index (Phi) is 6.58. The molecule has 0 saturated carbocycles. The molecule has 3 nitrogen and oxygen atoms in total. The van der Waals surface area contributed by atoms with Crippen molar-refractivity contribution in [1.29, 1.82) is 0 Å². The van der Waals surface area contributed by atoms with Gasteiger partial charge in [-0.2, -0.15) is 0 Å². The Morgan fingerprint density at radius 1 is 1.06 bits per heavy atom. The molecular formula is C15H25NO2. The standard InChI is InChI=1S/C15H25NO2/c1-12(2)13(3)16-10-5-11-18-15-8-6-14(17-4)7-9-15/h6-9,12-13,16H,5,10-11H2,1-4H3. The van der Waals surface area contributed by atoms with Crippen molar-refractivity contribution in [2.75, 3.05) is 20.3 Å². The van der Waals surface area contributed by atoms with Gasteiger partial charge in [0.1, 0.15) is 11.5 Å². The topological polar surface area (TPSA) is 30.5 Å². The lowest BCUT2D eigenvalue weighted by atomic mass is 10.1. The van der Waals surface area contributed by atoms with Crippen molar-refractivity contribution in [1.82, 2.24) is 5.32 Å². The molecule has 0 heterocycles. The average molecular weight is 251 g/mol. The van der Waals surface area contributed by atoms with E-state index < -0.39 is 0 Å². The van der Waals surface area contributed by atoms with Crippen molar-refractivity contribution in [3.8, 4) is 11.5 Å². The molecule has 0 saturated heterocycles. The maximum absolute atomic E-state index is 5.65. The first-order valence-electron chi connectivity index (χ1n) is 6.63. The summed E-state index contributed by atoms with van der Waals surface area (Å²) in [7, 11) is 1.66. The molecule has 1 atom stereocenters. The number of rotatable bonds is 8. The van der Waals surface area contributed by atoms with Crippen LogP contribution in [0.3, 0.4) is 0 Å². The first-order valence-corrected chi connectivity index (χ1v) is 6.63. The van der Waals surface area contributed by atoms with Crippen LogP contribution in [-0.4, -0.2) is 26.3 Å². The van der Waals surface area contributed by atoms with Crippen LogP contribution >= 0.6 is 0 Å². The fraction of sp³-hybridized carbons (Fsp3) is 0.600. The van der Waals surface area contributed by atoms with Crippen LogP contribution in [0.1, 0.15) is 27.2 Å². The predicted octanol–water partition coefficient (Wildman–Crippen LogP) is 3.10. The van der Waals surface area contributed by atoms with Gasteiger partial charge in [0.15, 0.2) is 0 Å². The summed E-state index contributed by atoms with van der Waals surface area (Å²) < 4.78 is 10.7. The molecule has 0 amide bonds. The van der Waals surface area contributed by atoms with E-state index in [4.69, 9.17) is 9.47 Å². The molecular weight excluding hydrogens is 226 g/mol. The van der Waals surface area contributed by atoms with Gasteiger partial charge in [0, 0.05) is 6.04 Å². The van der Waals surface area contributed by atoms with Gasteiger partial charge >= 0.3 is 0 Å². The van der Waals surface area contributed by atoms with Gasteiger partial charge in [0.2, 0.25) is 0 Å². The van der Waals surface area contributed by atoms with Crippen LogP contribution in [0.25, 0.3) is 0 Å². The number of methoxy groups -OCH3 is 1. The van der Waals surface area contributed by atoms with Gasteiger partial charge in [-0.1, -0.05) is 13.8 Å². The summed E-state index contributed by atoms with van der Waals surface area (Å²) in [5.74, 6) is 2.43. The van der Waals surface area contributed by atoms with Gasteiger partial charge in [-0.25, -0.2) is 0 Å². The molecule has 1 rings (SSSR count). The quantitative estimate of drug-likeness (QED) is 0.720. The monoisotopic (exact) mass is 251 g/mol. The molecule has 1 N–H and O–H groups in total. The molecule has 18 heavy (non-hydrogen) atoms. The zero-order valence-electron chi connectivity index (χ0n) is 11.9. The van der Waals surface area contributed by atoms with Crippen molar-refractivity contribution in [2.45, 2.75) is 33.2 Å². The van der Waals surface area contributed by atoms with E-state index in [1.807, 2.05) is 24.3 Å². The first-order chi connectivity index (χ1) is 8.63. The van der Waals surface area contributed by atoms with Gasteiger partial charge in [-0.15, -0.1) is 0 Å². The van der Waals surface area contributed by atoms with E-state index in [9.17, 15) is 0 Å². The van der Waals surface area contributed by atoms with Gasteiger partial charge in [0.25, 0.3) is 0 Å². The lowest BCUT2D eigenvalue weighted by Crippen LogP contribution is -2.32. The minimum Gasteiger partial charge on any atom is -0.497 e. The van der Waals surface area contributed by atoms with Crippen LogP contribution < -0.4 is 14.8 Å². The summed E-state index contributed by atoms with van der Waals surface area (Å²) in [6.45, 7) is 8.41. The van der Waals surface area contributed by atoms with E-state index in [0.717, 1.165) is 31.1 Å². The fourth-order valence-corrected chi connectivity index (χ4v) is 1.50. The first kappa shape index (κ1) is 14.8. The minimum atomic E-state index is 0.561. The van der Waals surface area contributed by atoms with E-state index in [1.165, 1.54) is 0 Å². The number of nitrogens with one attached hydrogen (secondary N) is 1. The second kappa shape index (κ2) is 7.98. The molecule has 0 aliphatic rings. The largest absolute Gasteiger partial charge is 0.497 e. The third kappa shape index (κ3) is 5.41. The van der Waals surface area contributed by atoms with Crippen LogP contribution in [0.4, 0.5) is 0 Å². The SMILES string of the molecule is COc1ccc(OCCCNC(C)C(C)C)cc1. The molecule has 1 unspecified atom stereocenters. The Morgan fingerprint density at radius 3 is 2.22 bits per heavy atom. The molecule has 0 aliphatic carbocycles. The Labute approximate surface area is 110 Å². The number of ether oxygens (including phenoxy) is 2. The van der Waals surface area contributed by atoms with E-state index in [-0.39, 0.29) is 0 Å². The summed E-state index contributed by atoms with van der Waals surface area (Å²) in [5.41, 5.74) is 0. The fourth-order valence-electron chi connectivity index (χ4n) is 1.50. The Morgan fingerprint density at radius 2 is 1.67 bits per heavy atom. The van der Waals surface area contributed by atoms with Crippen molar-refractivity contribution in [3.05, 3.63) is 24.3 Å². The van der Waals surface area contributed by atoms with Gasteiger partial charge in [-0.05, 0) is 50.1 Å². The smallest absolute Gasteiger partial charge is 0.119 e. The molecule has 1 aromatic carbocycles. The molecule has 3 heteroatoms. The van der Waals surface area contributed by atoms with Crippen LogP contribution in [0.5, 0.6) is 11.5 Å². The van der Waals surface area contributed by atoms with Crippen LogP contribution in [0, 0.1) is 5.92 Å². The lowest BCUT2D eigenvalue weighted by Gasteiger charge is -2.17. The minimum absolute atomic E-state index is 0.561. The Bertz CT molecular complexity index is 322. The second-order valence-corrected chi connectivity index (χ2v) is 4.86. The highest BCUT2D eigenvalue weighted by atomic mass is 16.5. The molecule has 102 valence electrons. The van der Waals surface area contributed by atoms with Crippen molar-refractivity contribution < 1.29 is 9.47 Å². The van der Waals surface area contributed by atoms with Gasteiger partial charge in [-0.3, -0.25) is 0 Å². The van der Waals surface area contributed by atoms with Crippen molar-refractivity contribution in [3.63, 3.8) is 0 Å². The number of hydrogen-bond donors (Lipinski definition) is 1. The predicted molar refractivity (Wildman–Crippen MR) is 75.4 cm³/mol. The van der Waals surface area contributed by atoms with Crippen LogP contribution in [0.2, 0.25) is 0 Å². The third-order valence-corrected chi connectivity index (χ3v) is 3.12. The number of benzene rings is 1. The maximum atomic E-state index is 5.65. The summed E-state index contributed by atoms with van der Waals surface area (Å²) >= 11 is 0. The summed E-state index contributed by atoms with van der Waals surface area (Å²) in [6, 6.07) is 8.25. The highest BCUT2D eigenvalue weighted by Crippen LogP contribution is 2.16. The zero-order chi connectivity index (χ0) is 13.4. The molecule has 0 radical (unpaired) electrons. The molecule has 0 spiro atoms. The highest BCUT2D eigenvalue weighted by molar-refractivity contribution is 5.31. The average Bonchev–Trinajstić information content (AvgIpc) is 2.38. The van der Waals surface area contributed by atoms with Crippen LogP contribution in [-0.2, 0) is 0 Å². The normalized spacial score (nSPS) is 12.5. The van der Waals surface area contributed by atoms with E-state index in [1.54, 1.807) is 7.11 Å². The number of hydrogen-bond acceptors (Lipinski definition) is 3. The molecule has 0 fully saturated rings. The van der Waals surface area contributed by atoms with E-state index in [2.05, 4.69) is 26.1 Å². The molecule has 0 aliphatic heterocycles. The zero-order valence-corrected chi connectivity index (χ0v) is 11.9. The Hall–Kier alpha value is -1.22. The maximum Gasteiger partial charge on any atom is 0.119 e. The van der Waals surface area contributed by atoms with Crippen LogP contribution in [0.15, 0.2) is 24.3 Å². The van der Waals surface area contributed by atoms with Crippen molar-refractivity contribution >= 4 is 0 Å². The molecule has 1 aromatic rings. The molecule has 0 aromatic heterocycles. The van der Waals surface area contributed by atoms with Crippen molar-refractivity contribution in [2.24, 2.45) is 5.92 Å². The highest BCUT2D eigenvalue weighted by Gasteiger charge is 2.04. The summed E-state index contributed by atoms with van der Waals surface area (Å²) in [4.78, 5) is 0. The second-order valence-electron chi connectivity index (χ2n) is 4.86. The van der Waals surface area contributed by atoms with E-state index in [0.29, 0.717) is 12.0 Å². The summed E-state index contributed by atoms with van der Waals surface area (Å²) in [6.07, 6.45) is 1.02. The van der Waals surface area contributed by atoms with Gasteiger partial charge < -0.3 is 14.8 Å². The third-order valence-electron chi connectivity index (χ3n) is 3.12. The lowest BCUT2D eigenvalue weighted by molar-refractivity contribution is 0.300.